The van der Waals surface area contributed by atoms with Crippen LogP contribution in [0.15, 0.2) is 206 Å². The van der Waals surface area contributed by atoms with E-state index >= 15 is 0 Å². The highest BCUT2D eigenvalue weighted by molar-refractivity contribution is 5.81. The zero-order valence-corrected chi connectivity index (χ0v) is 28.2. The average Bonchev–Trinajstić information content (AvgIpc) is 3.22. The lowest BCUT2D eigenvalue weighted by atomic mass is 9.93. The van der Waals surface area contributed by atoms with Gasteiger partial charge in [-0.1, -0.05) is 200 Å². The van der Waals surface area contributed by atoms with Gasteiger partial charge in [-0.25, -0.2) is 9.97 Å². The van der Waals surface area contributed by atoms with Crippen LogP contribution in [-0.4, -0.2) is 9.97 Å². The van der Waals surface area contributed by atoms with E-state index < -0.39 is 0 Å². The van der Waals surface area contributed by atoms with Gasteiger partial charge in [0, 0.05) is 16.7 Å². The van der Waals surface area contributed by atoms with Crippen molar-refractivity contribution in [2.75, 3.05) is 0 Å². The SMILES string of the molecule is C(/Cc1ccccc1)=C(\c1ccccc1)c1ccc(-c2ccc(-c3ccc(-c4nc(-c5ccccc5)cc(-c5ccccc5)n4)cc3)cc2)cc1. The normalized spacial score (nSPS) is 11.3. The Kier molecular flexibility index (Phi) is 9.21. The second kappa shape index (κ2) is 14.9. The molecule has 0 unspecified atom stereocenters. The van der Waals surface area contributed by atoms with Gasteiger partial charge in [0.2, 0.25) is 0 Å². The summed E-state index contributed by atoms with van der Waals surface area (Å²) in [4.78, 5) is 9.98. The Hall–Kier alpha value is -6.64. The molecule has 0 fully saturated rings. The van der Waals surface area contributed by atoms with Gasteiger partial charge >= 0.3 is 0 Å². The third-order valence-electron chi connectivity index (χ3n) is 9.23. The van der Waals surface area contributed by atoms with E-state index in [0.29, 0.717) is 5.82 Å². The standard InChI is InChI=1S/C49H36N2/c1-5-13-36(14-6-1)21-34-46(41-15-7-2-8-16-41)42-30-26-39(27-31-42)37-22-24-38(25-23-37)40-28-32-45(33-29-40)49-50-47(43-17-9-3-10-18-43)35-48(51-49)44-19-11-4-12-20-44/h1-20,22-35H,21H2/b46-34-. The van der Waals surface area contributed by atoms with Crippen molar-refractivity contribution in [1.29, 1.82) is 0 Å². The maximum Gasteiger partial charge on any atom is 0.160 e. The van der Waals surface area contributed by atoms with E-state index in [1.165, 1.54) is 39.0 Å². The summed E-state index contributed by atoms with van der Waals surface area (Å²) in [6.45, 7) is 0. The van der Waals surface area contributed by atoms with Crippen molar-refractivity contribution < 1.29 is 0 Å². The number of benzene rings is 7. The van der Waals surface area contributed by atoms with Crippen LogP contribution in [0.1, 0.15) is 16.7 Å². The minimum Gasteiger partial charge on any atom is -0.228 e. The second-order valence-corrected chi connectivity index (χ2v) is 12.6. The van der Waals surface area contributed by atoms with Gasteiger partial charge in [0.15, 0.2) is 5.82 Å². The molecule has 0 saturated carbocycles. The zero-order valence-electron chi connectivity index (χ0n) is 28.2. The molecule has 0 atom stereocenters. The van der Waals surface area contributed by atoms with E-state index in [1.54, 1.807) is 0 Å². The first-order valence-electron chi connectivity index (χ1n) is 17.4. The van der Waals surface area contributed by atoms with E-state index in [4.69, 9.17) is 9.97 Å². The Morgan fingerprint density at radius 3 is 1.20 bits per heavy atom. The summed E-state index contributed by atoms with van der Waals surface area (Å²) in [6, 6.07) is 70.3. The summed E-state index contributed by atoms with van der Waals surface area (Å²) in [5.74, 6) is 0.714. The molecular formula is C49H36N2. The van der Waals surface area contributed by atoms with E-state index in [0.717, 1.165) is 40.1 Å². The van der Waals surface area contributed by atoms with E-state index in [1.807, 2.05) is 36.4 Å². The summed E-state index contributed by atoms with van der Waals surface area (Å²) >= 11 is 0. The van der Waals surface area contributed by atoms with Gasteiger partial charge in [-0.15, -0.1) is 0 Å². The predicted octanol–water partition coefficient (Wildman–Crippen LogP) is 12.5. The van der Waals surface area contributed by atoms with Crippen molar-refractivity contribution >= 4 is 5.57 Å². The average molecular weight is 653 g/mol. The van der Waals surface area contributed by atoms with Crippen LogP contribution in [0.2, 0.25) is 0 Å². The largest absolute Gasteiger partial charge is 0.228 e. The molecular weight excluding hydrogens is 617 g/mol. The maximum atomic E-state index is 4.99. The molecule has 2 heteroatoms. The molecule has 242 valence electrons. The van der Waals surface area contributed by atoms with Crippen LogP contribution in [0, 0.1) is 0 Å². The Balaban J connectivity index is 1.03. The van der Waals surface area contributed by atoms with Gasteiger partial charge in [-0.2, -0.15) is 0 Å². The van der Waals surface area contributed by atoms with Crippen molar-refractivity contribution in [3.63, 3.8) is 0 Å². The lowest BCUT2D eigenvalue weighted by Gasteiger charge is -2.11. The van der Waals surface area contributed by atoms with Crippen LogP contribution in [0.25, 0.3) is 61.7 Å². The molecule has 0 bridgehead atoms. The number of nitrogens with zero attached hydrogens (tertiary/aromatic N) is 2. The molecule has 51 heavy (non-hydrogen) atoms. The Labute approximate surface area is 300 Å². The number of hydrogen-bond donors (Lipinski definition) is 0. The van der Waals surface area contributed by atoms with Crippen LogP contribution in [0.3, 0.4) is 0 Å². The van der Waals surface area contributed by atoms with Gasteiger partial charge in [-0.05, 0) is 57.0 Å². The van der Waals surface area contributed by atoms with Crippen LogP contribution in [-0.2, 0) is 6.42 Å². The molecule has 7 aromatic carbocycles. The first-order chi connectivity index (χ1) is 25.3. The van der Waals surface area contributed by atoms with Gasteiger partial charge in [0.1, 0.15) is 0 Å². The molecule has 0 aliphatic heterocycles. The molecule has 1 heterocycles. The number of rotatable bonds is 9. The molecule has 8 aromatic rings. The topological polar surface area (TPSA) is 25.8 Å². The molecule has 2 nitrogen and oxygen atoms in total. The number of allylic oxidation sites excluding steroid dienone is 1. The van der Waals surface area contributed by atoms with Crippen LogP contribution < -0.4 is 0 Å². The quantitative estimate of drug-likeness (QED) is 0.155. The number of hydrogen-bond acceptors (Lipinski definition) is 2. The summed E-state index contributed by atoms with van der Waals surface area (Å²) in [6.07, 6.45) is 3.23. The van der Waals surface area contributed by atoms with Crippen molar-refractivity contribution in [3.05, 3.63) is 223 Å². The van der Waals surface area contributed by atoms with Gasteiger partial charge in [0.05, 0.1) is 11.4 Å². The van der Waals surface area contributed by atoms with E-state index in [2.05, 4.69) is 170 Å². The van der Waals surface area contributed by atoms with E-state index in [-0.39, 0.29) is 0 Å². The third-order valence-corrected chi connectivity index (χ3v) is 9.23. The molecule has 1 aromatic heterocycles. The fraction of sp³-hybridized carbons (Fsp3) is 0.0204. The third kappa shape index (κ3) is 7.36. The van der Waals surface area contributed by atoms with Gasteiger partial charge in [0.25, 0.3) is 0 Å². The highest BCUT2D eigenvalue weighted by Gasteiger charge is 2.11. The summed E-state index contributed by atoms with van der Waals surface area (Å²) in [5.41, 5.74) is 14.6. The highest BCUT2D eigenvalue weighted by Crippen LogP contribution is 2.31. The van der Waals surface area contributed by atoms with Gasteiger partial charge in [-0.3, -0.25) is 0 Å². The molecule has 0 aliphatic rings. The highest BCUT2D eigenvalue weighted by atomic mass is 14.9. The second-order valence-electron chi connectivity index (χ2n) is 12.6. The summed E-state index contributed by atoms with van der Waals surface area (Å²) < 4.78 is 0. The number of aromatic nitrogens is 2. The van der Waals surface area contributed by atoms with Crippen molar-refractivity contribution in [2.24, 2.45) is 0 Å². The summed E-state index contributed by atoms with van der Waals surface area (Å²) in [5, 5.41) is 0. The Morgan fingerprint density at radius 1 is 0.353 bits per heavy atom. The van der Waals surface area contributed by atoms with Crippen LogP contribution in [0.4, 0.5) is 0 Å². The minimum atomic E-state index is 0.714. The van der Waals surface area contributed by atoms with Crippen LogP contribution in [0.5, 0.6) is 0 Å². The smallest absolute Gasteiger partial charge is 0.160 e. The zero-order chi connectivity index (χ0) is 34.2. The lowest BCUT2D eigenvalue weighted by molar-refractivity contribution is 1.18. The van der Waals surface area contributed by atoms with Crippen molar-refractivity contribution in [1.82, 2.24) is 9.97 Å². The maximum absolute atomic E-state index is 4.99. The molecule has 0 saturated heterocycles. The summed E-state index contributed by atoms with van der Waals surface area (Å²) in [7, 11) is 0. The van der Waals surface area contributed by atoms with Gasteiger partial charge < -0.3 is 0 Å². The minimum absolute atomic E-state index is 0.714. The molecule has 0 N–H and O–H groups in total. The molecule has 8 rings (SSSR count). The first-order valence-corrected chi connectivity index (χ1v) is 17.4. The molecule has 0 radical (unpaired) electrons. The fourth-order valence-electron chi connectivity index (χ4n) is 6.45. The van der Waals surface area contributed by atoms with Crippen molar-refractivity contribution in [3.8, 4) is 56.2 Å². The van der Waals surface area contributed by atoms with E-state index in [9.17, 15) is 0 Å². The molecule has 0 spiro atoms. The Bertz CT molecular complexity index is 2310. The molecule has 0 amide bonds. The predicted molar refractivity (Wildman–Crippen MR) is 213 cm³/mol. The molecule has 0 aliphatic carbocycles. The van der Waals surface area contributed by atoms with Crippen molar-refractivity contribution in [2.45, 2.75) is 6.42 Å². The fourth-order valence-corrected chi connectivity index (χ4v) is 6.45. The van der Waals surface area contributed by atoms with Crippen LogP contribution >= 0.6 is 0 Å². The Morgan fingerprint density at radius 2 is 0.725 bits per heavy atom. The first kappa shape index (κ1) is 31.6. The monoisotopic (exact) mass is 652 g/mol. The lowest BCUT2D eigenvalue weighted by Crippen LogP contribution is -1.95.